The maximum atomic E-state index is 5.82. The van der Waals surface area contributed by atoms with E-state index in [-0.39, 0.29) is 0 Å². The third-order valence-corrected chi connectivity index (χ3v) is 5.60. The highest BCUT2D eigenvalue weighted by atomic mass is 32.1. The second-order valence-corrected chi connectivity index (χ2v) is 7.98. The molecule has 0 saturated carbocycles. The fourth-order valence-corrected chi connectivity index (χ4v) is 4.08. The fourth-order valence-electron chi connectivity index (χ4n) is 3.06. The molecule has 1 aliphatic heterocycles. The van der Waals surface area contributed by atoms with Crippen molar-refractivity contribution in [3.8, 4) is 11.5 Å². The lowest BCUT2D eigenvalue weighted by atomic mass is 10.3. The van der Waals surface area contributed by atoms with Crippen molar-refractivity contribution in [3.63, 3.8) is 0 Å². The Kier molecular flexibility index (Phi) is 5.29. The molecule has 1 aliphatic rings. The summed E-state index contributed by atoms with van der Waals surface area (Å²) in [7, 11) is 0. The van der Waals surface area contributed by atoms with Gasteiger partial charge in [-0.25, -0.2) is 0 Å². The Morgan fingerprint density at radius 2 is 1.73 bits per heavy atom. The van der Waals surface area contributed by atoms with Gasteiger partial charge in [-0.1, -0.05) is 29.5 Å². The number of hydrogen-bond acceptors (Lipinski definition) is 5. The smallest absolute Gasteiger partial charge is 0.209 e. The molecule has 2 heterocycles. The second kappa shape index (κ2) is 7.99. The number of benzene rings is 2. The summed E-state index contributed by atoms with van der Waals surface area (Å²) < 4.78 is 8.57. The Balaban J connectivity index is 1.40. The number of aromatic nitrogens is 2. The molecule has 5 nitrogen and oxygen atoms in total. The summed E-state index contributed by atoms with van der Waals surface area (Å²) in [4.78, 5) is 1.56. The summed E-state index contributed by atoms with van der Waals surface area (Å²) in [6, 6.07) is 17.6. The van der Waals surface area contributed by atoms with Crippen LogP contribution in [0.25, 0.3) is 0 Å². The highest BCUT2D eigenvalue weighted by Gasteiger charge is 2.17. The van der Waals surface area contributed by atoms with Gasteiger partial charge in [0.1, 0.15) is 11.5 Å². The molecule has 0 spiro atoms. The lowest BCUT2D eigenvalue weighted by Crippen LogP contribution is -3.09. The Hall–Kier alpha value is -2.22. The van der Waals surface area contributed by atoms with Gasteiger partial charge in [0, 0.05) is 18.5 Å². The third kappa shape index (κ3) is 4.30. The largest absolute Gasteiger partial charge is 0.457 e. The van der Waals surface area contributed by atoms with Crippen LogP contribution in [0.4, 0.5) is 10.8 Å². The average Bonchev–Trinajstić information content (AvgIpc) is 3.28. The first-order valence-corrected chi connectivity index (χ1v) is 10.0. The number of rotatable bonds is 6. The van der Waals surface area contributed by atoms with Crippen LogP contribution in [0.15, 0.2) is 54.6 Å². The molecule has 0 bridgehead atoms. The average molecular weight is 386 g/mol. The number of nitrogens with one attached hydrogen (secondary N) is 2. The molecular weight excluding hydrogens is 364 g/mol. The van der Waals surface area contributed by atoms with E-state index in [0.717, 1.165) is 32.9 Å². The van der Waals surface area contributed by atoms with Gasteiger partial charge in [-0.05, 0) is 48.6 Å². The van der Waals surface area contributed by atoms with Gasteiger partial charge in [0.15, 0.2) is 10.6 Å². The van der Waals surface area contributed by atoms with Gasteiger partial charge in [-0.2, -0.15) is 4.68 Å². The molecule has 0 amide bonds. The van der Waals surface area contributed by atoms with Crippen LogP contribution in [0, 0.1) is 3.95 Å². The summed E-state index contributed by atoms with van der Waals surface area (Å²) in [5.41, 5.74) is 0.967. The van der Waals surface area contributed by atoms with Gasteiger partial charge in [0.25, 0.3) is 0 Å². The first-order valence-electron chi connectivity index (χ1n) is 8.78. The Labute approximate surface area is 161 Å². The molecule has 7 heteroatoms. The minimum atomic E-state index is 0.803. The van der Waals surface area contributed by atoms with Crippen LogP contribution in [0.5, 0.6) is 11.5 Å². The zero-order valence-corrected chi connectivity index (χ0v) is 16.0. The third-order valence-electron chi connectivity index (χ3n) is 4.37. The molecule has 0 radical (unpaired) electrons. The number of likely N-dealkylation sites (tertiary alicyclic amines) is 1. The first kappa shape index (κ1) is 17.2. The highest BCUT2D eigenvalue weighted by Crippen LogP contribution is 2.25. The molecule has 0 atom stereocenters. The molecule has 1 aromatic heterocycles. The number of anilines is 2. The van der Waals surface area contributed by atoms with Crippen molar-refractivity contribution >= 4 is 34.4 Å². The van der Waals surface area contributed by atoms with Crippen molar-refractivity contribution in [3.05, 3.63) is 58.6 Å². The van der Waals surface area contributed by atoms with Crippen molar-refractivity contribution < 1.29 is 9.64 Å². The molecule has 134 valence electrons. The molecule has 1 fully saturated rings. The van der Waals surface area contributed by atoms with Crippen LogP contribution in [-0.4, -0.2) is 22.9 Å². The maximum Gasteiger partial charge on any atom is 0.209 e. The van der Waals surface area contributed by atoms with E-state index in [0.29, 0.717) is 0 Å². The van der Waals surface area contributed by atoms with Gasteiger partial charge >= 0.3 is 0 Å². The molecule has 2 aromatic carbocycles. The van der Waals surface area contributed by atoms with E-state index < -0.39 is 0 Å². The molecule has 0 aliphatic carbocycles. The monoisotopic (exact) mass is 385 g/mol. The Morgan fingerprint density at radius 3 is 2.46 bits per heavy atom. The molecule has 0 unspecified atom stereocenters. The van der Waals surface area contributed by atoms with Gasteiger partial charge in [0.2, 0.25) is 5.13 Å². The van der Waals surface area contributed by atoms with Crippen molar-refractivity contribution in [1.82, 2.24) is 9.78 Å². The summed E-state index contributed by atoms with van der Waals surface area (Å²) in [6.45, 7) is 3.29. The maximum absolute atomic E-state index is 5.82. The van der Waals surface area contributed by atoms with Gasteiger partial charge in [-0.15, -0.1) is 5.10 Å². The van der Waals surface area contributed by atoms with E-state index in [1.807, 2.05) is 59.3 Å². The number of quaternary nitrogens is 1. The van der Waals surface area contributed by atoms with Crippen LogP contribution in [0.1, 0.15) is 12.8 Å². The second-order valence-electron chi connectivity index (χ2n) is 6.35. The molecule has 1 saturated heterocycles. The highest BCUT2D eigenvalue weighted by molar-refractivity contribution is 7.73. The molecular formula is C19H21N4OS2+. The number of ether oxygens (including phenoxy) is 1. The zero-order valence-electron chi connectivity index (χ0n) is 14.4. The molecule has 4 rings (SSSR count). The van der Waals surface area contributed by atoms with E-state index >= 15 is 0 Å². The summed E-state index contributed by atoms with van der Waals surface area (Å²) in [6.07, 6.45) is 2.60. The van der Waals surface area contributed by atoms with E-state index in [2.05, 4.69) is 10.4 Å². The number of hydrogen-bond donors (Lipinski definition) is 2. The number of nitrogens with zero attached hydrogens (tertiary/aromatic N) is 2. The van der Waals surface area contributed by atoms with Crippen LogP contribution in [-0.2, 0) is 6.67 Å². The lowest BCUT2D eigenvalue weighted by molar-refractivity contribution is -0.911. The van der Waals surface area contributed by atoms with E-state index in [1.54, 1.807) is 4.90 Å². The topological polar surface area (TPSA) is 43.5 Å². The number of para-hydroxylation sites is 1. The predicted molar refractivity (Wildman–Crippen MR) is 107 cm³/mol. The lowest BCUT2D eigenvalue weighted by Gasteiger charge is -2.11. The standard InChI is InChI=1S/C19H20N4OS2/c25-19-23(14-22-12-4-5-13-22)21-18(26-19)20-15-8-10-17(11-9-15)24-16-6-2-1-3-7-16/h1-3,6-11H,4-5,12-14H2,(H,20,21)/p+1. The van der Waals surface area contributed by atoms with Gasteiger partial charge in [0.05, 0.1) is 13.1 Å². The first-order chi connectivity index (χ1) is 12.8. The normalized spacial score (nSPS) is 14.5. The quantitative estimate of drug-likeness (QED) is 0.633. The molecule has 3 aromatic rings. The SMILES string of the molecule is S=c1sc(Nc2ccc(Oc3ccccc3)cc2)nn1C[NH+]1CCCC1. The Morgan fingerprint density at radius 1 is 1.04 bits per heavy atom. The molecule has 2 N–H and O–H groups in total. The summed E-state index contributed by atoms with van der Waals surface area (Å²) >= 11 is 6.97. The fraction of sp³-hybridized carbons (Fsp3) is 0.263. The van der Waals surface area contributed by atoms with E-state index in [4.69, 9.17) is 17.0 Å². The summed E-state index contributed by atoms with van der Waals surface area (Å²) in [5, 5.41) is 8.79. The van der Waals surface area contributed by atoms with Crippen molar-refractivity contribution in [2.75, 3.05) is 18.4 Å². The predicted octanol–water partition coefficient (Wildman–Crippen LogP) is 3.85. The van der Waals surface area contributed by atoms with Crippen LogP contribution in [0.3, 0.4) is 0 Å². The van der Waals surface area contributed by atoms with Crippen LogP contribution >= 0.6 is 23.6 Å². The zero-order chi connectivity index (χ0) is 17.8. The van der Waals surface area contributed by atoms with Crippen molar-refractivity contribution in [1.29, 1.82) is 0 Å². The van der Waals surface area contributed by atoms with Gasteiger partial charge < -0.3 is 15.0 Å². The van der Waals surface area contributed by atoms with Crippen LogP contribution < -0.4 is 15.0 Å². The molecule has 26 heavy (non-hydrogen) atoms. The van der Waals surface area contributed by atoms with Gasteiger partial charge in [-0.3, -0.25) is 0 Å². The minimum absolute atomic E-state index is 0.803. The van der Waals surface area contributed by atoms with Crippen LogP contribution in [0.2, 0.25) is 0 Å². The minimum Gasteiger partial charge on any atom is -0.457 e. The van der Waals surface area contributed by atoms with E-state index in [1.165, 1.54) is 37.3 Å². The Bertz CT molecular complexity index is 899. The van der Waals surface area contributed by atoms with Crippen molar-refractivity contribution in [2.24, 2.45) is 0 Å². The summed E-state index contributed by atoms with van der Waals surface area (Å²) in [5.74, 6) is 1.63. The van der Waals surface area contributed by atoms with Crippen molar-refractivity contribution in [2.45, 2.75) is 19.5 Å². The van der Waals surface area contributed by atoms with E-state index in [9.17, 15) is 0 Å².